The van der Waals surface area contributed by atoms with Crippen LogP contribution in [0.25, 0.3) is 6.08 Å². The first kappa shape index (κ1) is 20.0. The number of carbonyl (C=O) groups excluding carboxylic acids is 2. The Morgan fingerprint density at radius 3 is 2.68 bits per heavy atom. The molecular weight excluding hydrogens is 399 g/mol. The molecule has 1 heterocycles. The summed E-state index contributed by atoms with van der Waals surface area (Å²) in [7, 11) is 1.57. The molecule has 1 N–H and O–H groups in total. The summed E-state index contributed by atoms with van der Waals surface area (Å²) >= 11 is 6.48. The van der Waals surface area contributed by atoms with Gasteiger partial charge in [-0.3, -0.25) is 14.5 Å². The number of anilines is 1. The van der Waals surface area contributed by atoms with Crippen LogP contribution in [0.4, 0.5) is 10.1 Å². The van der Waals surface area contributed by atoms with Gasteiger partial charge in [-0.25, -0.2) is 4.39 Å². The number of rotatable bonds is 6. The summed E-state index contributed by atoms with van der Waals surface area (Å²) in [5.74, 6) is -0.242. The smallest absolute Gasteiger partial charge is 0.266 e. The Balaban J connectivity index is 1.63. The Morgan fingerprint density at radius 2 is 1.96 bits per heavy atom. The van der Waals surface area contributed by atoms with Gasteiger partial charge < -0.3 is 10.1 Å². The molecule has 2 aromatic rings. The molecule has 1 aliphatic rings. The first-order valence-corrected chi connectivity index (χ1v) is 9.64. The Morgan fingerprint density at radius 1 is 1.25 bits per heavy atom. The second-order valence-electron chi connectivity index (χ2n) is 5.88. The van der Waals surface area contributed by atoms with Crippen molar-refractivity contribution in [2.24, 2.45) is 0 Å². The van der Waals surface area contributed by atoms with E-state index in [-0.39, 0.29) is 30.6 Å². The maximum atomic E-state index is 12.9. The summed E-state index contributed by atoms with van der Waals surface area (Å²) in [5, 5.41) is 2.66. The lowest BCUT2D eigenvalue weighted by molar-refractivity contribution is -0.122. The quantitative estimate of drug-likeness (QED) is 0.568. The van der Waals surface area contributed by atoms with Crippen LogP contribution < -0.4 is 10.1 Å². The van der Waals surface area contributed by atoms with Crippen molar-refractivity contribution in [2.45, 2.75) is 6.42 Å². The van der Waals surface area contributed by atoms with Crippen LogP contribution in [0.5, 0.6) is 5.75 Å². The Bertz CT molecular complexity index is 945. The highest BCUT2D eigenvalue weighted by Crippen LogP contribution is 2.34. The van der Waals surface area contributed by atoms with Gasteiger partial charge in [0.2, 0.25) is 5.91 Å². The zero-order chi connectivity index (χ0) is 20.1. The van der Waals surface area contributed by atoms with Gasteiger partial charge in [0.25, 0.3) is 5.91 Å². The van der Waals surface area contributed by atoms with Crippen molar-refractivity contribution in [3.8, 4) is 5.75 Å². The predicted molar refractivity (Wildman–Crippen MR) is 113 cm³/mol. The zero-order valence-corrected chi connectivity index (χ0v) is 16.6. The summed E-state index contributed by atoms with van der Waals surface area (Å²) in [5.41, 5.74) is 1.27. The van der Waals surface area contributed by atoms with E-state index in [1.807, 2.05) is 24.3 Å². The van der Waals surface area contributed by atoms with Gasteiger partial charge in [0, 0.05) is 24.2 Å². The fourth-order valence-electron chi connectivity index (χ4n) is 2.59. The molecule has 0 radical (unpaired) electrons. The van der Waals surface area contributed by atoms with Crippen molar-refractivity contribution >= 4 is 51.9 Å². The largest absolute Gasteiger partial charge is 0.496 e. The molecule has 1 saturated heterocycles. The monoisotopic (exact) mass is 416 g/mol. The highest BCUT2D eigenvalue weighted by atomic mass is 32.2. The van der Waals surface area contributed by atoms with E-state index >= 15 is 0 Å². The van der Waals surface area contributed by atoms with Crippen LogP contribution in [-0.2, 0) is 9.59 Å². The number of ether oxygens (including phenoxy) is 1. The van der Waals surface area contributed by atoms with Crippen LogP contribution in [0.15, 0.2) is 53.4 Å². The van der Waals surface area contributed by atoms with E-state index in [0.717, 1.165) is 5.56 Å². The molecular formula is C20H17FN2O3S2. The normalized spacial score (nSPS) is 15.2. The molecule has 0 spiro atoms. The number of benzene rings is 2. The van der Waals surface area contributed by atoms with Gasteiger partial charge in [0.15, 0.2) is 0 Å². The van der Waals surface area contributed by atoms with Gasteiger partial charge >= 0.3 is 0 Å². The van der Waals surface area contributed by atoms with Crippen LogP contribution in [0.1, 0.15) is 12.0 Å². The number of nitrogens with one attached hydrogen (secondary N) is 1. The minimum absolute atomic E-state index is 0.0752. The van der Waals surface area contributed by atoms with E-state index in [1.165, 1.54) is 40.9 Å². The Kier molecular flexibility index (Phi) is 6.43. The Hall–Kier alpha value is -2.71. The topological polar surface area (TPSA) is 58.6 Å². The first-order chi connectivity index (χ1) is 13.5. The number of amides is 2. The molecule has 8 heteroatoms. The van der Waals surface area contributed by atoms with Gasteiger partial charge in [0.05, 0.1) is 12.0 Å². The molecule has 3 rings (SSSR count). The lowest BCUT2D eigenvalue weighted by atomic mass is 10.2. The predicted octanol–water partition coefficient (Wildman–Crippen LogP) is 4.06. The number of hydrogen-bond donors (Lipinski definition) is 1. The number of nitrogens with zero attached hydrogens (tertiary/aromatic N) is 1. The number of hydrogen-bond acceptors (Lipinski definition) is 5. The maximum absolute atomic E-state index is 12.9. The zero-order valence-electron chi connectivity index (χ0n) is 15.0. The van der Waals surface area contributed by atoms with Gasteiger partial charge in [-0.15, -0.1) is 0 Å². The summed E-state index contributed by atoms with van der Waals surface area (Å²) in [4.78, 5) is 26.7. The van der Waals surface area contributed by atoms with Gasteiger partial charge in [0.1, 0.15) is 15.9 Å². The number of carbonyl (C=O) groups is 2. The first-order valence-electron chi connectivity index (χ1n) is 8.42. The fraction of sp³-hybridized carbons (Fsp3) is 0.150. The average molecular weight is 416 g/mol. The van der Waals surface area contributed by atoms with Crippen molar-refractivity contribution in [2.75, 3.05) is 19.0 Å². The molecule has 0 aromatic heterocycles. The summed E-state index contributed by atoms with van der Waals surface area (Å²) in [6.07, 6.45) is 1.81. The van der Waals surface area contributed by atoms with Gasteiger partial charge in [-0.05, 0) is 36.4 Å². The van der Waals surface area contributed by atoms with E-state index < -0.39 is 0 Å². The number of thioether (sulfide) groups is 1. The van der Waals surface area contributed by atoms with Crippen LogP contribution in [0.2, 0.25) is 0 Å². The van der Waals surface area contributed by atoms with E-state index in [4.69, 9.17) is 17.0 Å². The molecule has 0 unspecified atom stereocenters. The molecule has 144 valence electrons. The van der Waals surface area contributed by atoms with E-state index in [2.05, 4.69) is 5.32 Å². The molecule has 0 atom stereocenters. The van der Waals surface area contributed by atoms with Crippen LogP contribution >= 0.6 is 24.0 Å². The van der Waals surface area contributed by atoms with Crippen LogP contribution in [0.3, 0.4) is 0 Å². The standard InChI is InChI=1S/C20H17FN2O3S2/c1-26-16-5-3-2-4-13(16)12-17-19(25)23(20(27)28-17)11-10-18(24)22-15-8-6-14(21)7-9-15/h2-9,12H,10-11H2,1H3,(H,22,24)/b17-12-. The second kappa shape index (κ2) is 8.99. The number of para-hydroxylation sites is 1. The van der Waals surface area contributed by atoms with Gasteiger partial charge in [-0.1, -0.05) is 42.2 Å². The van der Waals surface area contributed by atoms with Crippen LogP contribution in [-0.4, -0.2) is 34.7 Å². The summed E-state index contributed by atoms with van der Waals surface area (Å²) in [6, 6.07) is 12.8. The van der Waals surface area contributed by atoms with Crippen LogP contribution in [0, 0.1) is 5.82 Å². The highest BCUT2D eigenvalue weighted by Gasteiger charge is 2.32. The number of thiocarbonyl (C=S) groups is 1. The Labute approximate surface area is 171 Å². The van der Waals surface area contributed by atoms with Crippen molar-refractivity contribution in [3.05, 3.63) is 64.8 Å². The number of halogens is 1. The SMILES string of the molecule is COc1ccccc1/C=C1\SC(=S)N(CCC(=O)Nc2ccc(F)cc2)C1=O. The summed E-state index contributed by atoms with van der Waals surface area (Å²) in [6.45, 7) is 0.168. The molecule has 1 aliphatic heterocycles. The molecule has 0 bridgehead atoms. The van der Waals surface area contributed by atoms with E-state index in [9.17, 15) is 14.0 Å². The lowest BCUT2D eigenvalue weighted by Gasteiger charge is -2.14. The van der Waals surface area contributed by atoms with Crippen molar-refractivity contribution in [1.82, 2.24) is 4.90 Å². The molecule has 28 heavy (non-hydrogen) atoms. The summed E-state index contributed by atoms with van der Waals surface area (Å²) < 4.78 is 18.6. The van der Waals surface area contributed by atoms with E-state index in [1.54, 1.807) is 13.2 Å². The maximum Gasteiger partial charge on any atom is 0.266 e. The van der Waals surface area contributed by atoms with Gasteiger partial charge in [-0.2, -0.15) is 0 Å². The minimum Gasteiger partial charge on any atom is -0.496 e. The number of methoxy groups -OCH3 is 1. The molecule has 5 nitrogen and oxygen atoms in total. The molecule has 2 amide bonds. The highest BCUT2D eigenvalue weighted by molar-refractivity contribution is 8.26. The fourth-order valence-corrected chi connectivity index (χ4v) is 3.89. The van der Waals surface area contributed by atoms with Crippen molar-refractivity contribution < 1.29 is 18.7 Å². The third-order valence-corrected chi connectivity index (χ3v) is 5.37. The third-order valence-electron chi connectivity index (χ3n) is 3.99. The molecule has 2 aromatic carbocycles. The van der Waals surface area contributed by atoms with Crippen molar-refractivity contribution in [3.63, 3.8) is 0 Å². The molecule has 1 fully saturated rings. The molecule has 0 saturated carbocycles. The third kappa shape index (κ3) is 4.76. The minimum atomic E-state index is -0.377. The lowest BCUT2D eigenvalue weighted by Crippen LogP contribution is -2.31. The second-order valence-corrected chi connectivity index (χ2v) is 7.56. The van der Waals surface area contributed by atoms with Crippen molar-refractivity contribution in [1.29, 1.82) is 0 Å². The van der Waals surface area contributed by atoms with E-state index in [0.29, 0.717) is 20.7 Å². The average Bonchev–Trinajstić information content (AvgIpc) is 2.95. The molecule has 0 aliphatic carbocycles.